The lowest BCUT2D eigenvalue weighted by molar-refractivity contribution is 0.936. The van der Waals surface area contributed by atoms with Crippen LogP contribution < -0.4 is 5.32 Å². The molecular formula is C13H13N5. The molecule has 0 unspecified atom stereocenters. The molecule has 0 spiro atoms. The second-order valence-electron chi connectivity index (χ2n) is 4.00. The summed E-state index contributed by atoms with van der Waals surface area (Å²) in [6.45, 7) is 4.38. The van der Waals surface area contributed by atoms with E-state index in [1.54, 1.807) is 10.9 Å². The van der Waals surface area contributed by atoms with Crippen LogP contribution in [0.1, 0.15) is 5.56 Å². The molecule has 3 aromatic rings. The maximum absolute atomic E-state index is 4.14. The van der Waals surface area contributed by atoms with Crippen LogP contribution >= 0.6 is 0 Å². The third kappa shape index (κ3) is 1.86. The molecular weight excluding hydrogens is 226 g/mol. The molecule has 2 heterocycles. The van der Waals surface area contributed by atoms with Gasteiger partial charge in [0.05, 0.1) is 17.9 Å². The van der Waals surface area contributed by atoms with Gasteiger partial charge >= 0.3 is 0 Å². The van der Waals surface area contributed by atoms with Crippen LogP contribution in [0.3, 0.4) is 0 Å². The summed E-state index contributed by atoms with van der Waals surface area (Å²) >= 11 is 0. The third-order valence-electron chi connectivity index (χ3n) is 2.81. The minimum Gasteiger partial charge on any atom is -0.380 e. The third-order valence-corrected chi connectivity index (χ3v) is 2.81. The van der Waals surface area contributed by atoms with Crippen molar-refractivity contribution in [3.8, 4) is 0 Å². The summed E-state index contributed by atoms with van der Waals surface area (Å²) in [6.07, 6.45) is 7.25. The van der Waals surface area contributed by atoms with E-state index in [2.05, 4.69) is 27.2 Å². The highest BCUT2D eigenvalue weighted by atomic mass is 15.2. The number of nitrogens with zero attached hydrogens (tertiary/aromatic N) is 3. The molecule has 0 aliphatic carbocycles. The average molecular weight is 239 g/mol. The zero-order valence-electron chi connectivity index (χ0n) is 9.80. The molecule has 0 aliphatic heterocycles. The lowest BCUT2D eigenvalue weighted by Gasteiger charge is -2.05. The predicted octanol–water partition coefficient (Wildman–Crippen LogP) is 2.47. The fraction of sp³-hybridized carbons (Fsp3) is 0.0769. The molecule has 0 atom stereocenters. The smallest absolute Gasteiger partial charge is 0.0671 e. The molecule has 0 saturated carbocycles. The SMILES string of the molecule is C=Cn1cc(CNc2cccc3[nH]ncc23)cn1. The molecule has 0 aliphatic rings. The van der Waals surface area contributed by atoms with E-state index in [0.29, 0.717) is 0 Å². The van der Waals surface area contributed by atoms with Gasteiger partial charge in [-0.2, -0.15) is 10.2 Å². The summed E-state index contributed by atoms with van der Waals surface area (Å²) in [6, 6.07) is 6.04. The van der Waals surface area contributed by atoms with Gasteiger partial charge in [-0.25, -0.2) is 4.68 Å². The van der Waals surface area contributed by atoms with Gasteiger partial charge in [0.2, 0.25) is 0 Å². The van der Waals surface area contributed by atoms with Crippen molar-refractivity contribution in [3.05, 3.63) is 48.9 Å². The van der Waals surface area contributed by atoms with E-state index in [-0.39, 0.29) is 0 Å². The number of aromatic nitrogens is 4. The van der Waals surface area contributed by atoms with E-state index in [4.69, 9.17) is 0 Å². The number of fused-ring (bicyclic) bond motifs is 1. The van der Waals surface area contributed by atoms with Crippen molar-refractivity contribution in [2.75, 3.05) is 5.32 Å². The van der Waals surface area contributed by atoms with Gasteiger partial charge in [0.1, 0.15) is 0 Å². The van der Waals surface area contributed by atoms with Crippen LogP contribution in [0.2, 0.25) is 0 Å². The maximum atomic E-state index is 4.14. The summed E-state index contributed by atoms with van der Waals surface area (Å²) < 4.78 is 1.69. The second kappa shape index (κ2) is 4.37. The van der Waals surface area contributed by atoms with Gasteiger partial charge in [-0.15, -0.1) is 0 Å². The molecule has 18 heavy (non-hydrogen) atoms. The molecule has 0 amide bonds. The Morgan fingerprint density at radius 1 is 1.39 bits per heavy atom. The molecule has 5 nitrogen and oxygen atoms in total. The number of nitrogens with one attached hydrogen (secondary N) is 2. The Morgan fingerprint density at radius 3 is 3.17 bits per heavy atom. The fourth-order valence-electron chi connectivity index (χ4n) is 1.89. The number of anilines is 1. The largest absolute Gasteiger partial charge is 0.380 e. The van der Waals surface area contributed by atoms with Gasteiger partial charge in [-0.3, -0.25) is 5.10 Å². The number of aromatic amines is 1. The van der Waals surface area contributed by atoms with Gasteiger partial charge < -0.3 is 5.32 Å². The molecule has 0 fully saturated rings. The Labute approximate surface area is 104 Å². The topological polar surface area (TPSA) is 58.5 Å². The minimum absolute atomic E-state index is 0.720. The number of hydrogen-bond acceptors (Lipinski definition) is 3. The summed E-state index contributed by atoms with van der Waals surface area (Å²) in [5.74, 6) is 0. The van der Waals surface area contributed by atoms with E-state index in [1.807, 2.05) is 36.8 Å². The Balaban J connectivity index is 1.80. The van der Waals surface area contributed by atoms with E-state index in [9.17, 15) is 0 Å². The van der Waals surface area contributed by atoms with E-state index < -0.39 is 0 Å². The van der Waals surface area contributed by atoms with Crippen molar-refractivity contribution in [2.45, 2.75) is 6.54 Å². The van der Waals surface area contributed by atoms with Crippen LogP contribution in [-0.2, 0) is 6.54 Å². The molecule has 5 heteroatoms. The molecule has 0 saturated heterocycles. The van der Waals surface area contributed by atoms with Crippen LogP contribution in [0.4, 0.5) is 5.69 Å². The highest BCUT2D eigenvalue weighted by Gasteiger charge is 2.02. The molecule has 3 rings (SSSR count). The maximum Gasteiger partial charge on any atom is 0.0671 e. The first kappa shape index (κ1) is 10.6. The molecule has 0 bridgehead atoms. The average Bonchev–Trinajstić information content (AvgIpc) is 3.05. The summed E-state index contributed by atoms with van der Waals surface area (Å²) in [4.78, 5) is 0. The Hall–Kier alpha value is -2.56. The van der Waals surface area contributed by atoms with Crippen molar-refractivity contribution < 1.29 is 0 Å². The summed E-state index contributed by atoms with van der Waals surface area (Å²) in [5.41, 5.74) is 3.20. The Morgan fingerprint density at radius 2 is 2.33 bits per heavy atom. The monoisotopic (exact) mass is 239 g/mol. The normalized spacial score (nSPS) is 10.7. The number of benzene rings is 1. The first-order valence-electron chi connectivity index (χ1n) is 5.68. The quantitative estimate of drug-likeness (QED) is 0.735. The molecule has 2 aromatic heterocycles. The van der Waals surface area contributed by atoms with Crippen LogP contribution in [0, 0.1) is 0 Å². The van der Waals surface area contributed by atoms with Gasteiger partial charge in [-0.1, -0.05) is 12.6 Å². The van der Waals surface area contributed by atoms with Crippen LogP contribution in [0.15, 0.2) is 43.4 Å². The molecule has 1 aromatic carbocycles. The van der Waals surface area contributed by atoms with E-state index >= 15 is 0 Å². The van der Waals surface area contributed by atoms with Gasteiger partial charge in [0.25, 0.3) is 0 Å². The number of rotatable bonds is 4. The Kier molecular flexibility index (Phi) is 2.57. The Bertz CT molecular complexity index is 679. The highest BCUT2D eigenvalue weighted by molar-refractivity contribution is 5.90. The minimum atomic E-state index is 0.720. The second-order valence-corrected chi connectivity index (χ2v) is 4.00. The fourth-order valence-corrected chi connectivity index (χ4v) is 1.89. The first-order chi connectivity index (χ1) is 8.86. The van der Waals surface area contributed by atoms with Crippen molar-refractivity contribution in [3.63, 3.8) is 0 Å². The van der Waals surface area contributed by atoms with Gasteiger partial charge in [-0.05, 0) is 12.1 Å². The van der Waals surface area contributed by atoms with E-state index in [1.165, 1.54) is 0 Å². The van der Waals surface area contributed by atoms with Gasteiger partial charge in [0.15, 0.2) is 0 Å². The lowest BCUT2D eigenvalue weighted by atomic mass is 10.2. The predicted molar refractivity (Wildman–Crippen MR) is 72.0 cm³/mol. The van der Waals surface area contributed by atoms with Crippen molar-refractivity contribution >= 4 is 22.8 Å². The van der Waals surface area contributed by atoms with Crippen molar-refractivity contribution in [1.82, 2.24) is 20.0 Å². The van der Waals surface area contributed by atoms with Crippen LogP contribution in [0.5, 0.6) is 0 Å². The summed E-state index contributed by atoms with van der Waals surface area (Å²) in [5, 5.41) is 15.6. The van der Waals surface area contributed by atoms with E-state index in [0.717, 1.165) is 28.7 Å². The van der Waals surface area contributed by atoms with Crippen molar-refractivity contribution in [2.24, 2.45) is 0 Å². The molecule has 2 N–H and O–H groups in total. The van der Waals surface area contributed by atoms with Crippen molar-refractivity contribution in [1.29, 1.82) is 0 Å². The van der Waals surface area contributed by atoms with Crippen LogP contribution in [0.25, 0.3) is 17.1 Å². The first-order valence-corrected chi connectivity index (χ1v) is 5.68. The molecule has 0 radical (unpaired) electrons. The lowest BCUT2D eigenvalue weighted by Crippen LogP contribution is -1.98. The zero-order valence-corrected chi connectivity index (χ0v) is 9.80. The number of hydrogen-bond donors (Lipinski definition) is 2. The highest BCUT2D eigenvalue weighted by Crippen LogP contribution is 2.21. The summed E-state index contributed by atoms with van der Waals surface area (Å²) in [7, 11) is 0. The van der Waals surface area contributed by atoms with Crippen LogP contribution in [-0.4, -0.2) is 20.0 Å². The number of H-pyrrole nitrogens is 1. The standard InChI is InChI=1S/C13H13N5/c1-2-18-9-10(7-16-18)6-14-12-4-3-5-13-11(12)8-15-17-13/h2-5,7-9,14H,1,6H2,(H,15,17). The van der Waals surface area contributed by atoms with Gasteiger partial charge in [0, 0.05) is 35.6 Å². The zero-order chi connectivity index (χ0) is 12.4. The molecule has 90 valence electrons.